The number of hydrogen-bond acceptors (Lipinski definition) is 6. The second kappa shape index (κ2) is 6.50. The van der Waals surface area contributed by atoms with E-state index in [1.54, 1.807) is 12.3 Å². The normalized spacial score (nSPS) is 18.4. The summed E-state index contributed by atoms with van der Waals surface area (Å²) in [5.41, 5.74) is 3.24. The standard InChI is InChI=1S/C20H18N4O3/c25-20(24-8-1-2-17(24)15-5-7-21-12-22-15)16-11-19(27-23-16)13-3-4-18-14(10-13)6-9-26-18/h3-5,7,10-12,17H,1-2,6,8-9H2. The molecule has 5 rings (SSSR count). The Morgan fingerprint density at radius 3 is 3.07 bits per heavy atom. The Balaban J connectivity index is 1.40. The summed E-state index contributed by atoms with van der Waals surface area (Å²) >= 11 is 0. The summed E-state index contributed by atoms with van der Waals surface area (Å²) in [7, 11) is 0. The summed E-state index contributed by atoms with van der Waals surface area (Å²) in [4.78, 5) is 23.1. The Bertz CT molecular complexity index is 986. The number of rotatable bonds is 3. The van der Waals surface area contributed by atoms with Crippen LogP contribution in [0.3, 0.4) is 0 Å². The minimum atomic E-state index is -0.129. The molecule has 3 aromatic rings. The summed E-state index contributed by atoms with van der Waals surface area (Å²) in [6.45, 7) is 1.39. The lowest BCUT2D eigenvalue weighted by Gasteiger charge is -2.22. The van der Waals surface area contributed by atoms with Gasteiger partial charge in [0.2, 0.25) is 0 Å². The minimum absolute atomic E-state index is 0.0437. The molecule has 4 heterocycles. The number of carbonyl (C=O) groups is 1. The quantitative estimate of drug-likeness (QED) is 0.712. The first-order valence-corrected chi connectivity index (χ1v) is 9.09. The van der Waals surface area contributed by atoms with E-state index in [1.807, 2.05) is 29.2 Å². The summed E-state index contributed by atoms with van der Waals surface area (Å²) in [6, 6.07) is 9.44. The van der Waals surface area contributed by atoms with Gasteiger partial charge in [0.1, 0.15) is 12.1 Å². The molecular weight excluding hydrogens is 344 g/mol. The van der Waals surface area contributed by atoms with Crippen LogP contribution < -0.4 is 4.74 Å². The van der Waals surface area contributed by atoms with Crippen molar-refractivity contribution in [1.29, 1.82) is 0 Å². The number of nitrogens with zero attached hydrogens (tertiary/aromatic N) is 4. The highest BCUT2D eigenvalue weighted by atomic mass is 16.5. The van der Waals surface area contributed by atoms with Gasteiger partial charge in [-0.2, -0.15) is 0 Å². The van der Waals surface area contributed by atoms with Crippen molar-refractivity contribution in [2.75, 3.05) is 13.2 Å². The zero-order chi connectivity index (χ0) is 18.2. The van der Waals surface area contributed by atoms with E-state index in [0.717, 1.165) is 41.8 Å². The highest BCUT2D eigenvalue weighted by molar-refractivity contribution is 5.93. The number of ether oxygens (including phenoxy) is 1. The van der Waals surface area contributed by atoms with Crippen molar-refractivity contribution in [3.05, 3.63) is 59.8 Å². The van der Waals surface area contributed by atoms with E-state index in [0.29, 0.717) is 24.6 Å². The fourth-order valence-corrected chi connectivity index (χ4v) is 3.81. The van der Waals surface area contributed by atoms with E-state index in [-0.39, 0.29) is 11.9 Å². The lowest BCUT2D eigenvalue weighted by Crippen LogP contribution is -2.31. The molecule has 0 N–H and O–H groups in total. The van der Waals surface area contributed by atoms with E-state index in [9.17, 15) is 4.79 Å². The molecule has 2 aromatic heterocycles. The fourth-order valence-electron chi connectivity index (χ4n) is 3.81. The van der Waals surface area contributed by atoms with Crippen molar-refractivity contribution in [2.45, 2.75) is 25.3 Å². The smallest absolute Gasteiger partial charge is 0.276 e. The summed E-state index contributed by atoms with van der Waals surface area (Å²) < 4.78 is 11.0. The highest BCUT2D eigenvalue weighted by Gasteiger charge is 2.33. The fraction of sp³-hybridized carbons (Fsp3) is 0.300. The van der Waals surface area contributed by atoms with Crippen molar-refractivity contribution < 1.29 is 14.1 Å². The van der Waals surface area contributed by atoms with Crippen LogP contribution in [0.1, 0.15) is 40.6 Å². The predicted molar refractivity (Wildman–Crippen MR) is 96.2 cm³/mol. The van der Waals surface area contributed by atoms with Crippen molar-refractivity contribution in [3.8, 4) is 17.1 Å². The van der Waals surface area contributed by atoms with Gasteiger partial charge in [-0.15, -0.1) is 0 Å². The molecule has 136 valence electrons. The number of benzene rings is 1. The van der Waals surface area contributed by atoms with Crippen LogP contribution in [0.5, 0.6) is 5.75 Å². The molecule has 1 aromatic carbocycles. The molecule has 1 atom stereocenters. The maximum Gasteiger partial charge on any atom is 0.276 e. The topological polar surface area (TPSA) is 81.4 Å². The molecule has 0 radical (unpaired) electrons. The Morgan fingerprint density at radius 1 is 1.22 bits per heavy atom. The summed E-state index contributed by atoms with van der Waals surface area (Å²) in [6.07, 6.45) is 5.93. The molecule has 1 unspecified atom stereocenters. The molecular formula is C20H18N4O3. The van der Waals surface area contributed by atoms with Gasteiger partial charge in [-0.3, -0.25) is 4.79 Å². The molecule has 27 heavy (non-hydrogen) atoms. The van der Waals surface area contributed by atoms with Gasteiger partial charge in [0.15, 0.2) is 11.5 Å². The van der Waals surface area contributed by atoms with E-state index >= 15 is 0 Å². The number of fused-ring (bicyclic) bond motifs is 1. The van der Waals surface area contributed by atoms with Crippen molar-refractivity contribution in [2.24, 2.45) is 0 Å². The number of hydrogen-bond donors (Lipinski definition) is 0. The Kier molecular flexibility index (Phi) is 3.85. The van der Waals surface area contributed by atoms with Gasteiger partial charge in [0.05, 0.1) is 18.3 Å². The third-order valence-electron chi connectivity index (χ3n) is 5.16. The summed E-state index contributed by atoms with van der Waals surface area (Å²) in [5.74, 6) is 1.38. The number of amides is 1. The second-order valence-electron chi connectivity index (χ2n) is 6.79. The maximum atomic E-state index is 13.0. The first-order valence-electron chi connectivity index (χ1n) is 9.09. The number of likely N-dealkylation sites (tertiary alicyclic amines) is 1. The molecule has 0 spiro atoms. The molecule has 1 saturated heterocycles. The van der Waals surface area contributed by atoms with Crippen molar-refractivity contribution >= 4 is 5.91 Å². The molecule has 0 bridgehead atoms. The average molecular weight is 362 g/mol. The largest absolute Gasteiger partial charge is 0.493 e. The van der Waals surface area contributed by atoms with Crippen molar-refractivity contribution in [1.82, 2.24) is 20.0 Å². The van der Waals surface area contributed by atoms with Crippen LogP contribution >= 0.6 is 0 Å². The third kappa shape index (κ3) is 2.85. The lowest BCUT2D eigenvalue weighted by atomic mass is 10.1. The molecule has 2 aliphatic heterocycles. The monoisotopic (exact) mass is 362 g/mol. The van der Waals surface area contributed by atoms with Gasteiger partial charge in [0, 0.05) is 30.8 Å². The maximum absolute atomic E-state index is 13.0. The van der Waals surface area contributed by atoms with Crippen LogP contribution in [0, 0.1) is 0 Å². The number of carbonyl (C=O) groups excluding carboxylic acids is 1. The van der Waals surface area contributed by atoms with E-state index < -0.39 is 0 Å². The van der Waals surface area contributed by atoms with Crippen LogP contribution in [0.4, 0.5) is 0 Å². The van der Waals surface area contributed by atoms with Gasteiger partial charge in [-0.1, -0.05) is 5.16 Å². The molecule has 0 saturated carbocycles. The third-order valence-corrected chi connectivity index (χ3v) is 5.16. The first kappa shape index (κ1) is 16.0. The van der Waals surface area contributed by atoms with E-state index in [1.165, 1.54) is 6.33 Å². The predicted octanol–water partition coefficient (Wildman–Crippen LogP) is 3.04. The Morgan fingerprint density at radius 2 is 2.19 bits per heavy atom. The molecule has 7 nitrogen and oxygen atoms in total. The van der Waals surface area contributed by atoms with Crippen LogP contribution in [-0.4, -0.2) is 39.1 Å². The Labute approximate surface area is 156 Å². The molecule has 7 heteroatoms. The first-order chi connectivity index (χ1) is 13.3. The van der Waals surface area contributed by atoms with Gasteiger partial charge >= 0.3 is 0 Å². The molecule has 2 aliphatic rings. The second-order valence-corrected chi connectivity index (χ2v) is 6.79. The van der Waals surface area contributed by atoms with Crippen LogP contribution in [0.25, 0.3) is 11.3 Å². The van der Waals surface area contributed by atoms with Gasteiger partial charge in [0.25, 0.3) is 5.91 Å². The van der Waals surface area contributed by atoms with E-state index in [2.05, 4.69) is 15.1 Å². The molecule has 0 aliphatic carbocycles. The molecule has 1 amide bonds. The zero-order valence-electron chi connectivity index (χ0n) is 14.7. The Hall–Kier alpha value is -3.22. The van der Waals surface area contributed by atoms with Crippen LogP contribution in [-0.2, 0) is 6.42 Å². The SMILES string of the molecule is O=C(c1cc(-c2ccc3c(c2)CCO3)on1)N1CCCC1c1ccncn1. The summed E-state index contributed by atoms with van der Waals surface area (Å²) in [5, 5.41) is 4.03. The van der Waals surface area contributed by atoms with Crippen LogP contribution in [0.15, 0.2) is 47.4 Å². The van der Waals surface area contributed by atoms with Gasteiger partial charge in [-0.25, -0.2) is 9.97 Å². The molecule has 1 fully saturated rings. The minimum Gasteiger partial charge on any atom is -0.493 e. The van der Waals surface area contributed by atoms with Crippen molar-refractivity contribution in [3.63, 3.8) is 0 Å². The van der Waals surface area contributed by atoms with Gasteiger partial charge < -0.3 is 14.2 Å². The highest BCUT2D eigenvalue weighted by Crippen LogP contribution is 2.33. The van der Waals surface area contributed by atoms with E-state index in [4.69, 9.17) is 9.26 Å². The zero-order valence-corrected chi connectivity index (χ0v) is 14.7. The van der Waals surface area contributed by atoms with Crippen LogP contribution in [0.2, 0.25) is 0 Å². The average Bonchev–Trinajstić information content (AvgIpc) is 3.47. The van der Waals surface area contributed by atoms with Gasteiger partial charge in [-0.05, 0) is 42.7 Å². The number of aromatic nitrogens is 3. The lowest BCUT2D eigenvalue weighted by molar-refractivity contribution is 0.0722.